The summed E-state index contributed by atoms with van der Waals surface area (Å²) in [6.07, 6.45) is 0. The number of thiazole rings is 1. The zero-order valence-electron chi connectivity index (χ0n) is 18.5. The Morgan fingerprint density at radius 1 is 1.09 bits per heavy atom. The summed E-state index contributed by atoms with van der Waals surface area (Å²) in [4.78, 5) is 20.3. The molecule has 7 nitrogen and oxygen atoms in total. The molecule has 0 aliphatic carbocycles. The van der Waals surface area contributed by atoms with Crippen LogP contribution in [0, 0.1) is 33.5 Å². The van der Waals surface area contributed by atoms with Crippen molar-refractivity contribution in [3.05, 3.63) is 69.5 Å². The number of rotatable bonds is 5. The van der Waals surface area contributed by atoms with Crippen molar-refractivity contribution in [2.45, 2.75) is 41.2 Å². The van der Waals surface area contributed by atoms with Crippen LogP contribution in [0.15, 0.2) is 35.7 Å². The lowest BCUT2D eigenvalue weighted by Crippen LogP contribution is -2.24. The zero-order chi connectivity index (χ0) is 23.0. The minimum absolute atomic E-state index is 0.103. The van der Waals surface area contributed by atoms with E-state index in [1.54, 1.807) is 24.0 Å². The summed E-state index contributed by atoms with van der Waals surface area (Å²) < 4.78 is 13.5. The van der Waals surface area contributed by atoms with Crippen LogP contribution in [0.25, 0.3) is 11.4 Å². The Hall–Kier alpha value is -3.46. The van der Waals surface area contributed by atoms with E-state index in [4.69, 9.17) is 0 Å². The molecule has 0 spiro atoms. The molecule has 0 radical (unpaired) electrons. The number of tetrazole rings is 1. The molecule has 0 aliphatic rings. The summed E-state index contributed by atoms with van der Waals surface area (Å²) in [5, 5.41) is 15.0. The highest BCUT2D eigenvalue weighted by Crippen LogP contribution is 2.34. The summed E-state index contributed by atoms with van der Waals surface area (Å²) >= 11 is 1.39. The van der Waals surface area contributed by atoms with Crippen LogP contribution in [0.2, 0.25) is 0 Å². The molecule has 164 valence electrons. The van der Waals surface area contributed by atoms with Crippen molar-refractivity contribution in [2.75, 3.05) is 4.90 Å². The van der Waals surface area contributed by atoms with Crippen LogP contribution in [0.4, 0.5) is 15.2 Å². The topological polar surface area (TPSA) is 76.8 Å². The van der Waals surface area contributed by atoms with Gasteiger partial charge in [0.1, 0.15) is 12.4 Å². The number of halogens is 1. The molecule has 0 saturated heterocycles. The summed E-state index contributed by atoms with van der Waals surface area (Å²) in [6.45, 7) is 9.57. The molecule has 2 aromatic heterocycles. The van der Waals surface area contributed by atoms with E-state index in [-0.39, 0.29) is 11.7 Å². The summed E-state index contributed by atoms with van der Waals surface area (Å²) in [5.41, 5.74) is 5.99. The Kier molecular flexibility index (Phi) is 5.84. The lowest BCUT2D eigenvalue weighted by Gasteiger charge is -2.23. The Labute approximate surface area is 189 Å². The smallest absolute Gasteiger partial charge is 0.230 e. The van der Waals surface area contributed by atoms with Gasteiger partial charge in [-0.15, -0.1) is 21.5 Å². The maximum atomic E-state index is 13.5. The molecule has 0 atom stereocenters. The Morgan fingerprint density at radius 2 is 1.81 bits per heavy atom. The second kappa shape index (κ2) is 8.58. The first-order chi connectivity index (χ1) is 15.2. The van der Waals surface area contributed by atoms with Gasteiger partial charge in [0, 0.05) is 17.9 Å². The van der Waals surface area contributed by atoms with Crippen LogP contribution in [0.1, 0.15) is 34.9 Å². The molecular weight excluding hydrogens is 427 g/mol. The maximum absolute atomic E-state index is 13.5. The van der Waals surface area contributed by atoms with E-state index in [0.717, 1.165) is 28.1 Å². The molecule has 0 N–H and O–H groups in total. The van der Waals surface area contributed by atoms with Crippen LogP contribution >= 0.6 is 11.3 Å². The van der Waals surface area contributed by atoms with Gasteiger partial charge in [-0.1, -0.05) is 17.7 Å². The SMILES string of the molecule is CC(=O)N(c1nc(Cn2nnc(-c3ccc(F)c(C)c3)n2)cs1)c1c(C)cc(C)cc1C. The molecule has 0 unspecified atom stereocenters. The highest BCUT2D eigenvalue weighted by atomic mass is 32.1. The molecule has 0 fully saturated rings. The average molecular weight is 451 g/mol. The van der Waals surface area contributed by atoms with E-state index >= 15 is 0 Å². The van der Waals surface area contributed by atoms with Crippen LogP contribution in [-0.2, 0) is 11.3 Å². The molecule has 2 heterocycles. The minimum Gasteiger partial charge on any atom is -0.274 e. The van der Waals surface area contributed by atoms with Crippen LogP contribution in [0.3, 0.4) is 0 Å². The quantitative estimate of drug-likeness (QED) is 0.432. The predicted molar refractivity (Wildman–Crippen MR) is 123 cm³/mol. The third-order valence-electron chi connectivity index (χ3n) is 5.08. The molecular formula is C23H23FN6OS. The number of nitrogens with zero attached hydrogens (tertiary/aromatic N) is 6. The molecule has 9 heteroatoms. The summed E-state index contributed by atoms with van der Waals surface area (Å²) in [7, 11) is 0. The fourth-order valence-electron chi connectivity index (χ4n) is 3.74. The van der Waals surface area contributed by atoms with Gasteiger partial charge >= 0.3 is 0 Å². The normalized spacial score (nSPS) is 11.1. The highest BCUT2D eigenvalue weighted by molar-refractivity contribution is 7.14. The van der Waals surface area contributed by atoms with E-state index in [0.29, 0.717) is 28.6 Å². The number of hydrogen-bond donors (Lipinski definition) is 0. The first kappa shape index (κ1) is 21.8. The number of anilines is 2. The molecule has 2 aromatic carbocycles. The first-order valence-corrected chi connectivity index (χ1v) is 11.0. The van der Waals surface area contributed by atoms with Gasteiger partial charge in [-0.3, -0.25) is 9.69 Å². The third-order valence-corrected chi connectivity index (χ3v) is 5.95. The zero-order valence-corrected chi connectivity index (χ0v) is 19.4. The van der Waals surface area contributed by atoms with E-state index in [1.807, 2.05) is 26.2 Å². The van der Waals surface area contributed by atoms with Crippen molar-refractivity contribution in [1.29, 1.82) is 0 Å². The van der Waals surface area contributed by atoms with Crippen LogP contribution < -0.4 is 4.90 Å². The van der Waals surface area contributed by atoms with Crippen molar-refractivity contribution in [2.24, 2.45) is 0 Å². The molecule has 0 bridgehead atoms. The molecule has 0 aliphatic heterocycles. The van der Waals surface area contributed by atoms with Gasteiger partial charge in [0.15, 0.2) is 5.13 Å². The Balaban J connectivity index is 1.59. The monoisotopic (exact) mass is 450 g/mol. The maximum Gasteiger partial charge on any atom is 0.230 e. The van der Waals surface area contributed by atoms with Crippen LogP contribution in [0.5, 0.6) is 0 Å². The number of carbonyl (C=O) groups excluding carboxylic acids is 1. The highest BCUT2D eigenvalue weighted by Gasteiger charge is 2.22. The van der Waals surface area contributed by atoms with Crippen molar-refractivity contribution in [1.82, 2.24) is 25.2 Å². The standard InChI is InChI=1S/C23H23FN6OS/c1-13-8-15(3)21(16(4)9-13)30(17(5)31)23-25-19(12-32-23)11-29-27-22(26-28-29)18-6-7-20(24)14(2)10-18/h6-10,12H,11H2,1-5H3. The van der Waals surface area contributed by atoms with Crippen molar-refractivity contribution >= 4 is 28.1 Å². The fourth-order valence-corrected chi connectivity index (χ4v) is 4.60. The van der Waals surface area contributed by atoms with Crippen molar-refractivity contribution in [3.8, 4) is 11.4 Å². The van der Waals surface area contributed by atoms with Crippen LogP contribution in [-0.4, -0.2) is 31.1 Å². The van der Waals surface area contributed by atoms with Gasteiger partial charge < -0.3 is 0 Å². The van der Waals surface area contributed by atoms with Gasteiger partial charge in [0.05, 0.1) is 11.4 Å². The second-order valence-corrected chi connectivity index (χ2v) is 8.67. The molecule has 32 heavy (non-hydrogen) atoms. The number of aryl methyl sites for hydroxylation is 4. The molecule has 4 rings (SSSR count). The second-order valence-electron chi connectivity index (χ2n) is 7.83. The number of amides is 1. The van der Waals surface area contributed by atoms with Gasteiger partial charge in [-0.25, -0.2) is 9.37 Å². The largest absolute Gasteiger partial charge is 0.274 e. The molecule has 1 amide bonds. The van der Waals surface area contributed by atoms with E-state index in [1.165, 1.54) is 29.1 Å². The third kappa shape index (κ3) is 4.29. The fraction of sp³-hybridized carbons (Fsp3) is 0.261. The number of hydrogen-bond acceptors (Lipinski definition) is 6. The molecule has 0 saturated carbocycles. The number of benzene rings is 2. The van der Waals surface area contributed by atoms with Gasteiger partial charge in [0.2, 0.25) is 11.7 Å². The van der Waals surface area contributed by atoms with E-state index < -0.39 is 0 Å². The van der Waals surface area contributed by atoms with E-state index in [2.05, 4.69) is 32.5 Å². The number of aromatic nitrogens is 5. The van der Waals surface area contributed by atoms with Gasteiger partial charge in [-0.05, 0) is 67.8 Å². The Bertz CT molecular complexity index is 1290. The summed E-state index contributed by atoms with van der Waals surface area (Å²) in [6, 6.07) is 8.83. The van der Waals surface area contributed by atoms with Gasteiger partial charge in [-0.2, -0.15) is 4.80 Å². The molecule has 4 aromatic rings. The minimum atomic E-state index is -0.273. The average Bonchev–Trinajstić information content (AvgIpc) is 3.36. The lowest BCUT2D eigenvalue weighted by molar-refractivity contribution is -0.115. The van der Waals surface area contributed by atoms with E-state index in [9.17, 15) is 9.18 Å². The lowest BCUT2D eigenvalue weighted by atomic mass is 10.0. The summed E-state index contributed by atoms with van der Waals surface area (Å²) in [5.74, 6) is 0.0406. The Morgan fingerprint density at radius 3 is 2.47 bits per heavy atom. The van der Waals surface area contributed by atoms with Crippen molar-refractivity contribution in [3.63, 3.8) is 0 Å². The van der Waals surface area contributed by atoms with Crippen molar-refractivity contribution < 1.29 is 9.18 Å². The predicted octanol–water partition coefficient (Wildman–Crippen LogP) is 4.90. The van der Waals surface area contributed by atoms with Gasteiger partial charge in [0.25, 0.3) is 0 Å². The first-order valence-electron chi connectivity index (χ1n) is 10.1. The number of carbonyl (C=O) groups is 1.